The highest BCUT2D eigenvalue weighted by atomic mass is 16.6. The molecule has 0 rings (SSSR count). The van der Waals surface area contributed by atoms with Crippen molar-refractivity contribution in [1.29, 1.82) is 0 Å². The summed E-state index contributed by atoms with van der Waals surface area (Å²) in [7, 11) is 1.64. The average Bonchev–Trinajstić information content (AvgIpc) is 2.49. The smallest absolute Gasteiger partial charge is 0.307 e. The van der Waals surface area contributed by atoms with Crippen LogP contribution < -0.4 is 0 Å². The molecular formula is C20H39NO6. The van der Waals surface area contributed by atoms with E-state index < -0.39 is 11.2 Å². The molecule has 0 aliphatic rings. The summed E-state index contributed by atoms with van der Waals surface area (Å²) in [5.74, 6) is -0.470. The average molecular weight is 390 g/mol. The van der Waals surface area contributed by atoms with E-state index in [-0.39, 0.29) is 24.8 Å². The molecular weight excluding hydrogens is 350 g/mol. The number of carbonyl (C=O) groups excluding carboxylic acids is 2. The Hall–Kier alpha value is -1.18. The molecule has 7 heteroatoms. The summed E-state index contributed by atoms with van der Waals surface area (Å²) in [6.07, 6.45) is 1.39. The topological polar surface area (TPSA) is 74.3 Å². The summed E-state index contributed by atoms with van der Waals surface area (Å²) in [5, 5.41) is 0. The molecule has 0 saturated carbocycles. The molecule has 0 amide bonds. The standard InChI is InChI=1S/C20H39NO6/c1-19(2,3)26-17(22)9-12-21(11-8-14-25-16-15-24-7)13-10-18(23)27-20(4,5)6/h8-16H2,1-7H3. The molecule has 0 radical (unpaired) electrons. The molecule has 0 N–H and O–H groups in total. The van der Waals surface area contributed by atoms with Gasteiger partial charge < -0.3 is 23.8 Å². The second-order valence-corrected chi connectivity index (χ2v) is 8.47. The lowest BCUT2D eigenvalue weighted by Crippen LogP contribution is -2.33. The van der Waals surface area contributed by atoms with E-state index >= 15 is 0 Å². The third-order valence-corrected chi connectivity index (χ3v) is 3.30. The number of hydrogen-bond donors (Lipinski definition) is 0. The molecule has 0 spiro atoms. The van der Waals surface area contributed by atoms with Gasteiger partial charge >= 0.3 is 11.9 Å². The number of ether oxygens (including phenoxy) is 4. The summed E-state index contributed by atoms with van der Waals surface area (Å²) < 4.78 is 21.1. The van der Waals surface area contributed by atoms with Crippen molar-refractivity contribution in [3.8, 4) is 0 Å². The monoisotopic (exact) mass is 389 g/mol. The first-order valence-corrected chi connectivity index (χ1v) is 9.65. The molecule has 0 aliphatic carbocycles. The van der Waals surface area contributed by atoms with Crippen LogP contribution in [0.2, 0.25) is 0 Å². The Kier molecular flexibility index (Phi) is 12.5. The van der Waals surface area contributed by atoms with Gasteiger partial charge in [0.15, 0.2) is 0 Å². The molecule has 27 heavy (non-hydrogen) atoms. The molecule has 7 nitrogen and oxygen atoms in total. The van der Waals surface area contributed by atoms with Crippen molar-refractivity contribution in [3.63, 3.8) is 0 Å². The molecule has 0 aliphatic heterocycles. The van der Waals surface area contributed by atoms with Crippen molar-refractivity contribution < 1.29 is 28.5 Å². The third-order valence-electron chi connectivity index (χ3n) is 3.30. The van der Waals surface area contributed by atoms with Crippen LogP contribution >= 0.6 is 0 Å². The molecule has 0 saturated heterocycles. The number of methoxy groups -OCH3 is 1. The molecule has 0 fully saturated rings. The predicted molar refractivity (Wildman–Crippen MR) is 105 cm³/mol. The Bertz CT molecular complexity index is 393. The highest BCUT2D eigenvalue weighted by molar-refractivity contribution is 5.70. The maximum Gasteiger partial charge on any atom is 0.307 e. The number of nitrogens with zero attached hydrogens (tertiary/aromatic N) is 1. The molecule has 0 aromatic carbocycles. The predicted octanol–water partition coefficient (Wildman–Crippen LogP) is 2.81. The number of esters is 2. The number of hydrogen-bond acceptors (Lipinski definition) is 7. The number of rotatable bonds is 13. The third kappa shape index (κ3) is 18.0. The molecule has 160 valence electrons. The minimum absolute atomic E-state index is 0.235. The van der Waals surface area contributed by atoms with Crippen LogP contribution in [0.4, 0.5) is 0 Å². The van der Waals surface area contributed by atoms with Crippen molar-refractivity contribution in [2.24, 2.45) is 0 Å². The molecule has 0 bridgehead atoms. The van der Waals surface area contributed by atoms with Crippen molar-refractivity contribution in [3.05, 3.63) is 0 Å². The van der Waals surface area contributed by atoms with Crippen LogP contribution in [0.25, 0.3) is 0 Å². The van der Waals surface area contributed by atoms with Gasteiger partial charge in [0.25, 0.3) is 0 Å². The van der Waals surface area contributed by atoms with Gasteiger partial charge in [0.05, 0.1) is 26.1 Å². The van der Waals surface area contributed by atoms with Gasteiger partial charge in [0.2, 0.25) is 0 Å². The van der Waals surface area contributed by atoms with Crippen LogP contribution in [0.1, 0.15) is 60.8 Å². The first-order chi connectivity index (χ1) is 12.4. The SMILES string of the molecule is COCCOCCCN(CCC(=O)OC(C)(C)C)CCC(=O)OC(C)(C)C. The summed E-state index contributed by atoms with van der Waals surface area (Å²) >= 11 is 0. The number of carbonyl (C=O) groups is 2. The van der Waals surface area contributed by atoms with Crippen LogP contribution in [0, 0.1) is 0 Å². The molecule has 0 atom stereocenters. The first kappa shape index (κ1) is 25.8. The Labute approximate surface area is 164 Å². The quantitative estimate of drug-likeness (QED) is 0.354. The van der Waals surface area contributed by atoms with Gasteiger partial charge in [-0.1, -0.05) is 0 Å². The highest BCUT2D eigenvalue weighted by Gasteiger charge is 2.19. The van der Waals surface area contributed by atoms with Crippen LogP contribution in [0.3, 0.4) is 0 Å². The minimum Gasteiger partial charge on any atom is -0.460 e. The lowest BCUT2D eigenvalue weighted by Gasteiger charge is -2.25. The van der Waals surface area contributed by atoms with Crippen molar-refractivity contribution >= 4 is 11.9 Å². The van der Waals surface area contributed by atoms with Crippen LogP contribution in [0.15, 0.2) is 0 Å². The Balaban J connectivity index is 4.39. The maximum absolute atomic E-state index is 12.0. The second-order valence-electron chi connectivity index (χ2n) is 8.47. The van der Waals surface area contributed by atoms with Crippen molar-refractivity contribution in [1.82, 2.24) is 4.90 Å². The molecule has 0 heterocycles. The van der Waals surface area contributed by atoms with Gasteiger partial charge in [-0.05, 0) is 48.0 Å². The van der Waals surface area contributed by atoms with Gasteiger partial charge in [-0.25, -0.2) is 0 Å². The zero-order valence-electron chi connectivity index (χ0n) is 18.3. The van der Waals surface area contributed by atoms with Gasteiger partial charge in [-0.3, -0.25) is 9.59 Å². The molecule has 0 aromatic heterocycles. The Morgan fingerprint density at radius 1 is 0.741 bits per heavy atom. The van der Waals surface area contributed by atoms with E-state index in [1.807, 2.05) is 41.5 Å². The normalized spacial score (nSPS) is 12.3. The van der Waals surface area contributed by atoms with E-state index in [1.54, 1.807) is 7.11 Å². The molecule has 0 aromatic rings. The van der Waals surface area contributed by atoms with E-state index in [0.29, 0.717) is 32.9 Å². The van der Waals surface area contributed by atoms with Crippen LogP contribution in [0.5, 0.6) is 0 Å². The van der Waals surface area contributed by atoms with Crippen molar-refractivity contribution in [2.45, 2.75) is 72.0 Å². The highest BCUT2D eigenvalue weighted by Crippen LogP contribution is 2.10. The second kappa shape index (κ2) is 13.1. The van der Waals surface area contributed by atoms with E-state index in [9.17, 15) is 9.59 Å². The summed E-state index contributed by atoms with van der Waals surface area (Å²) in [5.41, 5.74) is -0.985. The Morgan fingerprint density at radius 2 is 1.22 bits per heavy atom. The maximum atomic E-state index is 12.0. The lowest BCUT2D eigenvalue weighted by atomic mass is 10.2. The van der Waals surface area contributed by atoms with E-state index in [0.717, 1.165) is 13.0 Å². The van der Waals surface area contributed by atoms with E-state index in [4.69, 9.17) is 18.9 Å². The minimum atomic E-state index is -0.492. The van der Waals surface area contributed by atoms with Gasteiger partial charge in [-0.15, -0.1) is 0 Å². The fourth-order valence-electron chi connectivity index (χ4n) is 2.25. The zero-order chi connectivity index (χ0) is 20.9. The van der Waals surface area contributed by atoms with Crippen molar-refractivity contribution in [2.75, 3.05) is 46.6 Å². The van der Waals surface area contributed by atoms with Gasteiger partial charge in [0, 0.05) is 33.4 Å². The van der Waals surface area contributed by atoms with Crippen LogP contribution in [-0.4, -0.2) is 74.6 Å². The van der Waals surface area contributed by atoms with E-state index in [2.05, 4.69) is 4.90 Å². The largest absolute Gasteiger partial charge is 0.460 e. The fourth-order valence-corrected chi connectivity index (χ4v) is 2.25. The first-order valence-electron chi connectivity index (χ1n) is 9.65. The van der Waals surface area contributed by atoms with Crippen LogP contribution in [-0.2, 0) is 28.5 Å². The van der Waals surface area contributed by atoms with Gasteiger partial charge in [0.1, 0.15) is 11.2 Å². The fraction of sp³-hybridized carbons (Fsp3) is 0.900. The summed E-state index contributed by atoms with van der Waals surface area (Å²) in [4.78, 5) is 26.0. The lowest BCUT2D eigenvalue weighted by molar-refractivity contribution is -0.155. The zero-order valence-corrected chi connectivity index (χ0v) is 18.3. The molecule has 0 unspecified atom stereocenters. The van der Waals surface area contributed by atoms with E-state index in [1.165, 1.54) is 0 Å². The summed E-state index contributed by atoms with van der Waals surface area (Å²) in [6.45, 7) is 14.7. The summed E-state index contributed by atoms with van der Waals surface area (Å²) in [6, 6.07) is 0. The Morgan fingerprint density at radius 3 is 1.63 bits per heavy atom. The van der Waals surface area contributed by atoms with Gasteiger partial charge in [-0.2, -0.15) is 0 Å².